The number of carbonyl (C=O) groups is 1. The van der Waals surface area contributed by atoms with E-state index in [0.717, 1.165) is 52.5 Å². The summed E-state index contributed by atoms with van der Waals surface area (Å²) >= 11 is 8.08. The number of carbonyl (C=O) groups excluding carboxylic acids is 1. The van der Waals surface area contributed by atoms with E-state index in [1.807, 2.05) is 37.4 Å². The second-order valence-electron chi connectivity index (χ2n) is 6.60. The number of halogens is 1. The molecule has 4 rings (SSSR count). The van der Waals surface area contributed by atoms with E-state index < -0.39 is 0 Å². The highest BCUT2D eigenvalue weighted by molar-refractivity contribution is 7.13. The molecule has 0 spiro atoms. The van der Waals surface area contributed by atoms with E-state index in [0.29, 0.717) is 15.7 Å². The molecule has 3 aromatic rings. The normalized spacial score (nSPS) is 12.9. The molecular weight excluding hydrogens is 406 g/mol. The number of nitrogens with zero attached hydrogens (tertiary/aromatic N) is 1. The number of benzene rings is 2. The van der Waals surface area contributed by atoms with Crippen LogP contribution in [0.15, 0.2) is 36.4 Å². The molecule has 0 aliphatic carbocycles. The molecule has 4 N–H and O–H groups in total. The number of amides is 1. The summed E-state index contributed by atoms with van der Waals surface area (Å²) in [6, 6.07) is 11.2. The van der Waals surface area contributed by atoms with E-state index in [4.69, 9.17) is 17.0 Å². The van der Waals surface area contributed by atoms with Crippen molar-refractivity contribution in [2.24, 2.45) is 0 Å². The average Bonchev–Trinajstić information content (AvgIpc) is 3.19. The minimum absolute atomic E-state index is 0.264. The maximum Gasteiger partial charge on any atom is 0.284 e. The molecule has 0 atom stereocenters. The Morgan fingerprint density at radius 3 is 2.72 bits per heavy atom. The van der Waals surface area contributed by atoms with Crippen molar-refractivity contribution in [2.75, 3.05) is 24.2 Å². The Labute approximate surface area is 177 Å². The van der Waals surface area contributed by atoms with Crippen LogP contribution >= 0.6 is 22.9 Å². The SMILES string of the molecule is CNc1cccc(-c2cccc(NC(=O)c3nc4c(s3)CNCC4)c2Cl)c1C=N. The largest absolute Gasteiger partial charge is 0.388 e. The van der Waals surface area contributed by atoms with Gasteiger partial charge >= 0.3 is 0 Å². The van der Waals surface area contributed by atoms with Crippen molar-refractivity contribution in [2.45, 2.75) is 13.0 Å². The third-order valence-corrected chi connectivity index (χ3v) is 6.36. The molecule has 1 amide bonds. The Balaban J connectivity index is 1.66. The fourth-order valence-electron chi connectivity index (χ4n) is 3.41. The summed E-state index contributed by atoms with van der Waals surface area (Å²) in [5.74, 6) is -0.264. The van der Waals surface area contributed by atoms with Crippen LogP contribution < -0.4 is 16.0 Å². The van der Waals surface area contributed by atoms with Gasteiger partial charge in [-0.15, -0.1) is 11.3 Å². The van der Waals surface area contributed by atoms with Crippen LogP contribution in [0, 0.1) is 5.41 Å². The third-order valence-electron chi connectivity index (χ3n) is 4.85. The van der Waals surface area contributed by atoms with Gasteiger partial charge in [-0.3, -0.25) is 4.79 Å². The lowest BCUT2D eigenvalue weighted by molar-refractivity contribution is 0.102. The highest BCUT2D eigenvalue weighted by atomic mass is 35.5. The van der Waals surface area contributed by atoms with Crippen LogP contribution in [0.1, 0.15) is 25.9 Å². The zero-order chi connectivity index (χ0) is 20.4. The number of anilines is 2. The van der Waals surface area contributed by atoms with Crippen LogP contribution in [0.4, 0.5) is 11.4 Å². The van der Waals surface area contributed by atoms with E-state index in [-0.39, 0.29) is 5.91 Å². The molecule has 29 heavy (non-hydrogen) atoms. The molecule has 1 aliphatic rings. The van der Waals surface area contributed by atoms with Gasteiger partial charge in [0.1, 0.15) is 0 Å². The molecule has 0 saturated heterocycles. The van der Waals surface area contributed by atoms with Crippen molar-refractivity contribution in [1.82, 2.24) is 10.3 Å². The molecule has 0 unspecified atom stereocenters. The molecule has 0 radical (unpaired) electrons. The van der Waals surface area contributed by atoms with Gasteiger partial charge < -0.3 is 21.4 Å². The van der Waals surface area contributed by atoms with Gasteiger partial charge in [-0.05, 0) is 17.7 Å². The van der Waals surface area contributed by atoms with Gasteiger partial charge in [0, 0.05) is 54.5 Å². The van der Waals surface area contributed by atoms with E-state index in [2.05, 4.69) is 20.9 Å². The fourth-order valence-corrected chi connectivity index (χ4v) is 4.66. The number of nitrogens with one attached hydrogen (secondary N) is 4. The summed E-state index contributed by atoms with van der Waals surface area (Å²) in [6.07, 6.45) is 2.14. The fraction of sp³-hybridized carbons (Fsp3) is 0.190. The summed E-state index contributed by atoms with van der Waals surface area (Å²) in [4.78, 5) is 18.4. The zero-order valence-electron chi connectivity index (χ0n) is 15.8. The van der Waals surface area contributed by atoms with E-state index in [9.17, 15) is 4.79 Å². The summed E-state index contributed by atoms with van der Waals surface area (Å²) in [5.41, 5.74) is 4.67. The molecule has 2 aromatic carbocycles. The minimum atomic E-state index is -0.264. The van der Waals surface area contributed by atoms with Crippen molar-refractivity contribution in [3.05, 3.63) is 62.6 Å². The van der Waals surface area contributed by atoms with Gasteiger partial charge in [0.2, 0.25) is 0 Å². The number of hydrogen-bond acceptors (Lipinski definition) is 6. The molecule has 0 saturated carbocycles. The van der Waals surface area contributed by atoms with Gasteiger partial charge in [-0.25, -0.2) is 4.98 Å². The lowest BCUT2D eigenvalue weighted by atomic mass is 9.98. The van der Waals surface area contributed by atoms with E-state index in [1.54, 1.807) is 6.07 Å². The van der Waals surface area contributed by atoms with Gasteiger partial charge in [0.25, 0.3) is 5.91 Å². The predicted molar refractivity (Wildman–Crippen MR) is 120 cm³/mol. The maximum absolute atomic E-state index is 12.8. The van der Waals surface area contributed by atoms with Crippen LogP contribution in [0.2, 0.25) is 5.02 Å². The van der Waals surface area contributed by atoms with Crippen LogP contribution in [0.3, 0.4) is 0 Å². The zero-order valence-corrected chi connectivity index (χ0v) is 17.4. The molecule has 2 heterocycles. The molecule has 6 nitrogen and oxygen atoms in total. The number of thiazole rings is 1. The van der Waals surface area contributed by atoms with Crippen molar-refractivity contribution in [3.8, 4) is 11.1 Å². The van der Waals surface area contributed by atoms with Crippen molar-refractivity contribution < 1.29 is 4.79 Å². The number of rotatable bonds is 5. The summed E-state index contributed by atoms with van der Waals surface area (Å²) in [7, 11) is 1.81. The van der Waals surface area contributed by atoms with Crippen LogP contribution in [-0.4, -0.2) is 30.7 Å². The lowest BCUT2D eigenvalue weighted by Gasteiger charge is -2.14. The Hall–Kier alpha value is -2.74. The second kappa shape index (κ2) is 8.32. The smallest absolute Gasteiger partial charge is 0.284 e. The summed E-state index contributed by atoms with van der Waals surface area (Å²) in [6.45, 7) is 1.64. The first-order valence-electron chi connectivity index (χ1n) is 9.23. The number of aromatic nitrogens is 1. The first kappa shape index (κ1) is 19.6. The van der Waals surface area contributed by atoms with Gasteiger partial charge in [-0.2, -0.15) is 0 Å². The molecule has 1 aromatic heterocycles. The molecular formula is C21H20ClN5OS. The monoisotopic (exact) mass is 425 g/mol. The average molecular weight is 426 g/mol. The first-order valence-corrected chi connectivity index (χ1v) is 10.4. The van der Waals surface area contributed by atoms with Crippen LogP contribution in [0.5, 0.6) is 0 Å². The first-order chi connectivity index (χ1) is 14.1. The van der Waals surface area contributed by atoms with Crippen molar-refractivity contribution in [1.29, 1.82) is 5.41 Å². The molecule has 1 aliphatic heterocycles. The van der Waals surface area contributed by atoms with E-state index in [1.165, 1.54) is 17.6 Å². The van der Waals surface area contributed by atoms with Crippen molar-refractivity contribution in [3.63, 3.8) is 0 Å². The Kier molecular flexibility index (Phi) is 5.62. The predicted octanol–water partition coefficient (Wildman–Crippen LogP) is 4.40. The second-order valence-corrected chi connectivity index (χ2v) is 8.06. The van der Waals surface area contributed by atoms with Gasteiger partial charge in [0.15, 0.2) is 5.01 Å². The number of hydrogen-bond donors (Lipinski definition) is 4. The number of fused-ring (bicyclic) bond motifs is 1. The highest BCUT2D eigenvalue weighted by Gasteiger charge is 2.20. The lowest BCUT2D eigenvalue weighted by Crippen LogP contribution is -2.22. The summed E-state index contributed by atoms with van der Waals surface area (Å²) in [5, 5.41) is 18.0. The Bertz CT molecular complexity index is 1070. The summed E-state index contributed by atoms with van der Waals surface area (Å²) < 4.78 is 0. The van der Waals surface area contributed by atoms with Crippen LogP contribution in [0.25, 0.3) is 11.1 Å². The van der Waals surface area contributed by atoms with Gasteiger partial charge in [0.05, 0.1) is 16.4 Å². The minimum Gasteiger partial charge on any atom is -0.388 e. The highest BCUT2D eigenvalue weighted by Crippen LogP contribution is 2.37. The van der Waals surface area contributed by atoms with Crippen molar-refractivity contribution >= 4 is 46.4 Å². The third kappa shape index (κ3) is 3.76. The quantitative estimate of drug-likeness (QED) is 0.456. The maximum atomic E-state index is 12.8. The molecule has 148 valence electrons. The molecule has 0 bridgehead atoms. The Morgan fingerprint density at radius 1 is 1.24 bits per heavy atom. The van der Waals surface area contributed by atoms with Crippen LogP contribution in [-0.2, 0) is 13.0 Å². The van der Waals surface area contributed by atoms with E-state index >= 15 is 0 Å². The standard InChI is InChI=1S/C21H20ClN5OS/c1-24-15-6-2-4-12(14(15)10-23)13-5-3-7-17(19(13)22)26-20(28)21-27-16-8-9-25-11-18(16)29-21/h2-7,10,23-25H,8-9,11H2,1H3,(H,26,28). The molecule has 8 heteroatoms. The topological polar surface area (TPSA) is 89.9 Å². The molecule has 0 fully saturated rings. The Morgan fingerprint density at radius 2 is 2.00 bits per heavy atom. The van der Waals surface area contributed by atoms with Gasteiger partial charge in [-0.1, -0.05) is 35.9 Å².